The van der Waals surface area contributed by atoms with E-state index in [2.05, 4.69) is 37.2 Å². The van der Waals surface area contributed by atoms with Crippen LogP contribution in [-0.2, 0) is 9.59 Å². The van der Waals surface area contributed by atoms with Gasteiger partial charge in [-0.05, 0) is 48.0 Å². The van der Waals surface area contributed by atoms with Gasteiger partial charge in [-0.2, -0.15) is 0 Å². The van der Waals surface area contributed by atoms with Crippen LogP contribution in [0.2, 0.25) is 0 Å². The lowest BCUT2D eigenvalue weighted by atomic mass is 10.2. The molecule has 1 aromatic carbocycles. The van der Waals surface area contributed by atoms with Crippen LogP contribution in [0.1, 0.15) is 13.8 Å². The Morgan fingerprint density at radius 1 is 1.37 bits per heavy atom. The molecular weight excluding hydrogens is 398 g/mol. The van der Waals surface area contributed by atoms with Gasteiger partial charge in [-0.15, -0.1) is 11.8 Å². The lowest BCUT2D eigenvalue weighted by molar-refractivity contribution is -0.138. The molecule has 0 unspecified atom stereocenters. The van der Waals surface area contributed by atoms with E-state index in [0.717, 1.165) is 20.7 Å². The van der Waals surface area contributed by atoms with Gasteiger partial charge in [0.2, 0.25) is 5.91 Å². The number of carbonyl (C=O) groups excluding carboxylic acids is 1. The highest BCUT2D eigenvalue weighted by atomic mass is 79.9. The summed E-state index contributed by atoms with van der Waals surface area (Å²) in [5.41, 5.74) is 0.655. The fourth-order valence-corrected chi connectivity index (χ4v) is 2.92. The van der Waals surface area contributed by atoms with Crippen LogP contribution in [0.25, 0.3) is 0 Å². The molecule has 0 radical (unpaired) electrons. The standard InChI is InChI=1S/C12H13Br2NO3S/c1-12(2,11(17)18)19-6-10(16)15-9-4-3-7(13)5-8(9)14/h3-5H,6H2,1-2H3,(H,15,16)(H,17,18). The fraction of sp³-hybridized carbons (Fsp3) is 0.333. The molecule has 0 heterocycles. The molecule has 0 bridgehead atoms. The third-order valence-corrected chi connectivity index (χ3v) is 4.74. The summed E-state index contributed by atoms with van der Waals surface area (Å²) in [6, 6.07) is 5.40. The molecule has 0 fully saturated rings. The van der Waals surface area contributed by atoms with E-state index >= 15 is 0 Å². The van der Waals surface area contributed by atoms with E-state index in [9.17, 15) is 9.59 Å². The molecule has 1 rings (SSSR count). The second-order valence-corrected chi connectivity index (χ2v) is 7.64. The summed E-state index contributed by atoms with van der Waals surface area (Å²) >= 11 is 7.75. The minimum Gasteiger partial charge on any atom is -0.480 e. The summed E-state index contributed by atoms with van der Waals surface area (Å²) in [7, 11) is 0. The maximum atomic E-state index is 11.8. The number of benzene rings is 1. The fourth-order valence-electron chi connectivity index (χ4n) is 1.08. The highest BCUT2D eigenvalue weighted by Crippen LogP contribution is 2.28. The van der Waals surface area contributed by atoms with E-state index in [1.54, 1.807) is 19.9 Å². The van der Waals surface area contributed by atoms with E-state index in [-0.39, 0.29) is 11.7 Å². The first-order chi connectivity index (χ1) is 8.72. The normalized spacial score (nSPS) is 11.2. The Bertz CT molecular complexity index is 506. The zero-order chi connectivity index (χ0) is 14.6. The van der Waals surface area contributed by atoms with Gasteiger partial charge in [0.15, 0.2) is 0 Å². The van der Waals surface area contributed by atoms with Gasteiger partial charge in [0, 0.05) is 8.95 Å². The summed E-state index contributed by atoms with van der Waals surface area (Å²) in [5, 5.41) is 11.7. The molecule has 1 aromatic rings. The van der Waals surface area contributed by atoms with E-state index in [1.807, 2.05) is 12.1 Å². The van der Waals surface area contributed by atoms with Gasteiger partial charge in [0.05, 0.1) is 11.4 Å². The largest absolute Gasteiger partial charge is 0.480 e. The summed E-state index contributed by atoms with van der Waals surface area (Å²) in [6.07, 6.45) is 0. The smallest absolute Gasteiger partial charge is 0.319 e. The summed E-state index contributed by atoms with van der Waals surface area (Å²) < 4.78 is 0.686. The number of hydrogen-bond acceptors (Lipinski definition) is 3. The van der Waals surface area contributed by atoms with Gasteiger partial charge in [-0.25, -0.2) is 0 Å². The van der Waals surface area contributed by atoms with Crippen LogP contribution >= 0.6 is 43.6 Å². The Morgan fingerprint density at radius 3 is 2.53 bits per heavy atom. The van der Waals surface area contributed by atoms with E-state index < -0.39 is 10.7 Å². The number of carboxylic acids is 1. The van der Waals surface area contributed by atoms with Crippen molar-refractivity contribution >= 4 is 61.2 Å². The Kier molecular flexibility index (Phi) is 5.88. The molecule has 0 aromatic heterocycles. The second kappa shape index (κ2) is 6.76. The molecule has 0 aliphatic carbocycles. The van der Waals surface area contributed by atoms with Crippen molar-refractivity contribution in [1.82, 2.24) is 0 Å². The number of thioether (sulfide) groups is 1. The summed E-state index contributed by atoms with van der Waals surface area (Å²) in [5.74, 6) is -1.08. The van der Waals surface area contributed by atoms with Crippen LogP contribution < -0.4 is 5.32 Å². The van der Waals surface area contributed by atoms with Crippen molar-refractivity contribution in [3.05, 3.63) is 27.1 Å². The maximum Gasteiger partial charge on any atom is 0.319 e. The number of carboxylic acid groups (broad SMARTS) is 1. The van der Waals surface area contributed by atoms with Crippen LogP contribution in [0.3, 0.4) is 0 Å². The Hall–Kier alpha value is -0.530. The van der Waals surface area contributed by atoms with Crippen molar-refractivity contribution in [2.24, 2.45) is 0 Å². The second-order valence-electron chi connectivity index (χ2n) is 4.28. The van der Waals surface area contributed by atoms with Gasteiger partial charge in [-0.3, -0.25) is 9.59 Å². The van der Waals surface area contributed by atoms with Crippen molar-refractivity contribution in [2.75, 3.05) is 11.1 Å². The minimum absolute atomic E-state index is 0.0851. The molecule has 0 saturated carbocycles. The van der Waals surface area contributed by atoms with Crippen molar-refractivity contribution in [2.45, 2.75) is 18.6 Å². The lowest BCUT2D eigenvalue weighted by Crippen LogP contribution is -2.29. The molecule has 1 amide bonds. The molecule has 104 valence electrons. The van der Waals surface area contributed by atoms with Crippen molar-refractivity contribution < 1.29 is 14.7 Å². The first-order valence-corrected chi connectivity index (χ1v) is 7.92. The molecule has 19 heavy (non-hydrogen) atoms. The van der Waals surface area contributed by atoms with Gasteiger partial charge in [0.25, 0.3) is 0 Å². The monoisotopic (exact) mass is 409 g/mol. The van der Waals surface area contributed by atoms with Crippen molar-refractivity contribution in [3.63, 3.8) is 0 Å². The topological polar surface area (TPSA) is 66.4 Å². The third kappa shape index (κ3) is 5.16. The van der Waals surface area contributed by atoms with Gasteiger partial charge in [0.1, 0.15) is 4.75 Å². The number of nitrogens with one attached hydrogen (secondary N) is 1. The van der Waals surface area contributed by atoms with Crippen LogP contribution in [-0.4, -0.2) is 27.5 Å². The minimum atomic E-state index is -0.978. The summed E-state index contributed by atoms with van der Waals surface area (Å²) in [4.78, 5) is 22.7. The number of anilines is 1. The van der Waals surface area contributed by atoms with Crippen LogP contribution in [0.4, 0.5) is 5.69 Å². The van der Waals surface area contributed by atoms with Gasteiger partial charge >= 0.3 is 5.97 Å². The molecule has 4 nitrogen and oxygen atoms in total. The number of amides is 1. The van der Waals surface area contributed by atoms with E-state index in [0.29, 0.717) is 5.69 Å². The zero-order valence-corrected chi connectivity index (χ0v) is 14.4. The first kappa shape index (κ1) is 16.5. The quantitative estimate of drug-likeness (QED) is 0.775. The molecule has 0 aliphatic rings. The predicted molar refractivity (Wildman–Crippen MR) is 84.6 cm³/mol. The van der Waals surface area contributed by atoms with E-state index in [4.69, 9.17) is 5.11 Å². The lowest BCUT2D eigenvalue weighted by Gasteiger charge is -2.18. The highest BCUT2D eigenvalue weighted by Gasteiger charge is 2.28. The van der Waals surface area contributed by atoms with Crippen LogP contribution in [0.15, 0.2) is 27.1 Å². The predicted octanol–water partition coefficient (Wildman–Crippen LogP) is 3.75. The number of rotatable bonds is 5. The molecule has 0 atom stereocenters. The van der Waals surface area contributed by atoms with Crippen LogP contribution in [0, 0.1) is 0 Å². The highest BCUT2D eigenvalue weighted by molar-refractivity contribution is 9.11. The Morgan fingerprint density at radius 2 is 2.00 bits per heavy atom. The maximum absolute atomic E-state index is 11.8. The zero-order valence-electron chi connectivity index (χ0n) is 10.4. The number of hydrogen-bond donors (Lipinski definition) is 2. The van der Waals surface area contributed by atoms with Crippen molar-refractivity contribution in [3.8, 4) is 0 Å². The molecule has 0 aliphatic heterocycles. The Labute approximate surface area is 132 Å². The molecule has 2 N–H and O–H groups in total. The van der Waals surface area contributed by atoms with Gasteiger partial charge < -0.3 is 10.4 Å². The number of carbonyl (C=O) groups is 2. The molecule has 0 saturated heterocycles. The van der Waals surface area contributed by atoms with Crippen molar-refractivity contribution in [1.29, 1.82) is 0 Å². The average Bonchev–Trinajstić information content (AvgIpc) is 2.30. The average molecular weight is 411 g/mol. The SMILES string of the molecule is CC(C)(SCC(=O)Nc1ccc(Br)cc1Br)C(=O)O. The number of aliphatic carboxylic acids is 1. The molecule has 0 spiro atoms. The Balaban J connectivity index is 2.59. The first-order valence-electron chi connectivity index (χ1n) is 5.34. The van der Waals surface area contributed by atoms with E-state index in [1.165, 1.54) is 0 Å². The third-order valence-electron chi connectivity index (χ3n) is 2.28. The summed E-state index contributed by atoms with van der Waals surface area (Å²) in [6.45, 7) is 3.14. The number of halogens is 2. The van der Waals surface area contributed by atoms with Crippen LogP contribution in [0.5, 0.6) is 0 Å². The molecule has 7 heteroatoms. The van der Waals surface area contributed by atoms with Gasteiger partial charge in [-0.1, -0.05) is 15.9 Å². The molecular formula is C12H13Br2NO3S.